The van der Waals surface area contributed by atoms with Crippen LogP contribution in [-0.2, 0) is 0 Å². The van der Waals surface area contributed by atoms with Gasteiger partial charge in [0, 0.05) is 19.1 Å². The molecule has 0 radical (unpaired) electrons. The van der Waals surface area contributed by atoms with E-state index in [0.29, 0.717) is 6.04 Å². The molecule has 3 nitrogen and oxygen atoms in total. The minimum atomic E-state index is 0.672. The highest BCUT2D eigenvalue weighted by molar-refractivity contribution is 7.22. The zero-order chi connectivity index (χ0) is 14.1. The fourth-order valence-electron chi connectivity index (χ4n) is 2.84. The van der Waals surface area contributed by atoms with Crippen LogP contribution in [0, 0.1) is 12.8 Å². The zero-order valence-corrected chi connectivity index (χ0v) is 13.3. The monoisotopic (exact) mass is 289 g/mol. The highest BCUT2D eigenvalue weighted by Gasteiger charge is 2.24. The molecule has 1 N–H and O–H groups in total. The second kappa shape index (κ2) is 5.70. The Kier molecular flexibility index (Phi) is 3.94. The fourth-order valence-corrected chi connectivity index (χ4v) is 3.81. The van der Waals surface area contributed by atoms with Gasteiger partial charge in [-0.2, -0.15) is 0 Å². The van der Waals surface area contributed by atoms with Crippen LogP contribution in [-0.4, -0.2) is 35.6 Å². The second-order valence-electron chi connectivity index (χ2n) is 6.11. The average Bonchev–Trinajstić information content (AvgIpc) is 3.01. The van der Waals surface area contributed by atoms with E-state index in [2.05, 4.69) is 54.2 Å². The molecule has 1 fully saturated rings. The van der Waals surface area contributed by atoms with E-state index in [1.54, 1.807) is 11.3 Å². The molecule has 2 aromatic rings. The minimum absolute atomic E-state index is 0.672. The topological polar surface area (TPSA) is 28.2 Å². The normalized spacial score (nSPS) is 20.1. The summed E-state index contributed by atoms with van der Waals surface area (Å²) in [7, 11) is 0. The van der Waals surface area contributed by atoms with Gasteiger partial charge in [-0.15, -0.1) is 0 Å². The van der Waals surface area contributed by atoms with Crippen molar-refractivity contribution in [1.82, 2.24) is 9.88 Å². The van der Waals surface area contributed by atoms with Crippen molar-refractivity contribution >= 4 is 26.7 Å². The van der Waals surface area contributed by atoms with Crippen molar-refractivity contribution in [3.63, 3.8) is 0 Å². The maximum atomic E-state index is 4.66. The highest BCUT2D eigenvalue weighted by atomic mass is 32.1. The first kappa shape index (κ1) is 13.8. The maximum Gasteiger partial charge on any atom is 0.183 e. The van der Waals surface area contributed by atoms with Crippen LogP contribution < -0.4 is 5.32 Å². The van der Waals surface area contributed by atoms with Gasteiger partial charge in [-0.25, -0.2) is 4.98 Å². The second-order valence-corrected chi connectivity index (χ2v) is 7.15. The smallest absolute Gasteiger partial charge is 0.183 e. The lowest BCUT2D eigenvalue weighted by Gasteiger charge is -2.20. The molecule has 0 amide bonds. The van der Waals surface area contributed by atoms with Gasteiger partial charge in [-0.05, 0) is 57.4 Å². The summed E-state index contributed by atoms with van der Waals surface area (Å²) in [6.07, 6.45) is 1.30. The van der Waals surface area contributed by atoms with Crippen molar-refractivity contribution in [1.29, 1.82) is 0 Å². The van der Waals surface area contributed by atoms with E-state index in [4.69, 9.17) is 0 Å². The van der Waals surface area contributed by atoms with Crippen molar-refractivity contribution in [3.8, 4) is 0 Å². The van der Waals surface area contributed by atoms with E-state index in [9.17, 15) is 0 Å². The van der Waals surface area contributed by atoms with Gasteiger partial charge < -0.3 is 10.2 Å². The number of hydrogen-bond donors (Lipinski definition) is 1. The lowest BCUT2D eigenvalue weighted by Crippen LogP contribution is -2.29. The molecule has 0 spiro atoms. The largest absolute Gasteiger partial charge is 0.361 e. The minimum Gasteiger partial charge on any atom is -0.361 e. The van der Waals surface area contributed by atoms with Crippen molar-refractivity contribution in [2.24, 2.45) is 5.92 Å². The molecule has 1 saturated heterocycles. The summed E-state index contributed by atoms with van der Waals surface area (Å²) in [5.74, 6) is 0.756. The van der Waals surface area contributed by atoms with Gasteiger partial charge >= 0.3 is 0 Å². The third-order valence-electron chi connectivity index (χ3n) is 4.13. The molecule has 0 aliphatic carbocycles. The fraction of sp³-hybridized carbons (Fsp3) is 0.562. The zero-order valence-electron chi connectivity index (χ0n) is 12.5. The van der Waals surface area contributed by atoms with Gasteiger partial charge in [0.2, 0.25) is 0 Å². The van der Waals surface area contributed by atoms with Gasteiger partial charge in [0.25, 0.3) is 0 Å². The van der Waals surface area contributed by atoms with Crippen LogP contribution >= 0.6 is 11.3 Å². The number of hydrogen-bond acceptors (Lipinski definition) is 4. The van der Waals surface area contributed by atoms with Crippen molar-refractivity contribution in [2.75, 3.05) is 25.0 Å². The van der Waals surface area contributed by atoms with Crippen LogP contribution in [0.2, 0.25) is 0 Å². The third-order valence-corrected chi connectivity index (χ3v) is 5.11. The van der Waals surface area contributed by atoms with Gasteiger partial charge in [0.15, 0.2) is 5.13 Å². The summed E-state index contributed by atoms with van der Waals surface area (Å²) in [4.78, 5) is 7.23. The van der Waals surface area contributed by atoms with Gasteiger partial charge in [0.1, 0.15) is 0 Å². The van der Waals surface area contributed by atoms with Crippen LogP contribution in [0.25, 0.3) is 10.2 Å². The Morgan fingerprint density at radius 1 is 1.45 bits per heavy atom. The van der Waals surface area contributed by atoms with Crippen molar-refractivity contribution < 1.29 is 0 Å². The Morgan fingerprint density at radius 2 is 2.30 bits per heavy atom. The van der Waals surface area contributed by atoms with E-state index in [-0.39, 0.29) is 0 Å². The van der Waals surface area contributed by atoms with E-state index in [1.807, 2.05) is 0 Å². The van der Waals surface area contributed by atoms with Crippen LogP contribution in [0.4, 0.5) is 5.13 Å². The van der Waals surface area contributed by atoms with Crippen LogP contribution in [0.15, 0.2) is 18.2 Å². The summed E-state index contributed by atoms with van der Waals surface area (Å²) in [6.45, 7) is 10.2. The Bertz CT molecular complexity index is 590. The molecule has 0 saturated carbocycles. The molecule has 1 aromatic heterocycles. The maximum absolute atomic E-state index is 4.66. The molecule has 1 unspecified atom stereocenters. The number of nitrogens with zero attached hydrogens (tertiary/aromatic N) is 2. The number of aryl methyl sites for hydroxylation is 1. The molecule has 2 heterocycles. The van der Waals surface area contributed by atoms with Crippen LogP contribution in [0.1, 0.15) is 25.8 Å². The Morgan fingerprint density at radius 3 is 3.05 bits per heavy atom. The first-order valence-electron chi connectivity index (χ1n) is 7.47. The molecular formula is C16H23N3S. The Balaban J connectivity index is 1.60. The molecule has 3 rings (SSSR count). The van der Waals surface area contributed by atoms with Gasteiger partial charge in [-0.1, -0.05) is 17.4 Å². The third kappa shape index (κ3) is 2.96. The lowest BCUT2D eigenvalue weighted by molar-refractivity contribution is 0.266. The summed E-state index contributed by atoms with van der Waals surface area (Å²) < 4.78 is 1.28. The summed E-state index contributed by atoms with van der Waals surface area (Å²) in [6, 6.07) is 7.13. The number of fused-ring (bicyclic) bond motifs is 1. The number of benzene rings is 1. The van der Waals surface area contributed by atoms with Crippen molar-refractivity contribution in [2.45, 2.75) is 33.2 Å². The summed E-state index contributed by atoms with van der Waals surface area (Å²) >= 11 is 1.77. The number of anilines is 1. The van der Waals surface area contributed by atoms with Crippen LogP contribution in [0.3, 0.4) is 0 Å². The number of aromatic nitrogens is 1. The summed E-state index contributed by atoms with van der Waals surface area (Å²) in [5.41, 5.74) is 2.41. The molecule has 1 aromatic carbocycles. The molecule has 4 heteroatoms. The highest BCUT2D eigenvalue weighted by Crippen LogP contribution is 2.27. The predicted octanol–water partition coefficient (Wildman–Crippen LogP) is 3.75. The molecule has 1 atom stereocenters. The molecule has 1 aliphatic rings. The summed E-state index contributed by atoms with van der Waals surface area (Å²) in [5, 5.41) is 4.60. The van der Waals surface area contributed by atoms with Crippen LogP contribution in [0.5, 0.6) is 0 Å². The SMILES string of the molecule is Cc1ccc2nc(NCC3CCN(C(C)C)C3)sc2c1. The van der Waals surface area contributed by atoms with E-state index < -0.39 is 0 Å². The number of nitrogens with one attached hydrogen (secondary N) is 1. The molecule has 0 bridgehead atoms. The predicted molar refractivity (Wildman–Crippen MR) is 87.7 cm³/mol. The van der Waals surface area contributed by atoms with E-state index in [0.717, 1.165) is 23.1 Å². The first-order chi connectivity index (χ1) is 9.61. The number of thiazole rings is 1. The van der Waals surface area contributed by atoms with E-state index in [1.165, 1.54) is 29.8 Å². The Hall–Kier alpha value is -1.13. The first-order valence-corrected chi connectivity index (χ1v) is 8.28. The standard InChI is InChI=1S/C16H23N3S/c1-11(2)19-7-6-13(10-19)9-17-16-18-14-5-4-12(3)8-15(14)20-16/h4-5,8,11,13H,6-7,9-10H2,1-3H3,(H,17,18). The van der Waals surface area contributed by atoms with Gasteiger partial charge in [-0.3, -0.25) is 0 Å². The van der Waals surface area contributed by atoms with Crippen molar-refractivity contribution in [3.05, 3.63) is 23.8 Å². The molecule has 20 heavy (non-hydrogen) atoms. The van der Waals surface area contributed by atoms with E-state index >= 15 is 0 Å². The lowest BCUT2D eigenvalue weighted by atomic mass is 10.1. The molecule has 1 aliphatic heterocycles. The number of rotatable bonds is 4. The Labute approximate surface area is 125 Å². The molecule has 108 valence electrons. The molecular weight excluding hydrogens is 266 g/mol. The number of likely N-dealkylation sites (tertiary alicyclic amines) is 1. The quantitative estimate of drug-likeness (QED) is 0.929. The van der Waals surface area contributed by atoms with Gasteiger partial charge in [0.05, 0.1) is 10.2 Å². The average molecular weight is 289 g/mol.